The summed E-state index contributed by atoms with van der Waals surface area (Å²) in [4.78, 5) is 0. The smallest absolute Gasteiger partial charge is 0.0655 e. The summed E-state index contributed by atoms with van der Waals surface area (Å²) in [6, 6.07) is 32.5. The van der Waals surface area contributed by atoms with Crippen LogP contribution in [0.15, 0.2) is 91.0 Å². The van der Waals surface area contributed by atoms with Crippen molar-refractivity contribution >= 4 is 15.9 Å². The monoisotopic (exact) mass is 348 g/mol. The number of benzene rings is 3. The largest absolute Gasteiger partial charge is 0.0787 e. The molecule has 3 aromatic rings. The zero-order chi connectivity index (χ0) is 15.0. The molecule has 0 nitrogen and oxygen atoms in total. The molecule has 2 unspecified atom stereocenters. The SMILES string of the molecule is BrC1(c2ccccc2)C(c2ccccc2)C1c1ccccc1. The topological polar surface area (TPSA) is 0 Å². The van der Waals surface area contributed by atoms with E-state index < -0.39 is 0 Å². The summed E-state index contributed by atoms with van der Waals surface area (Å²) in [5.74, 6) is 0.942. The van der Waals surface area contributed by atoms with E-state index in [0.717, 1.165) is 0 Å². The van der Waals surface area contributed by atoms with Crippen molar-refractivity contribution < 1.29 is 0 Å². The van der Waals surface area contributed by atoms with Crippen LogP contribution in [-0.2, 0) is 4.32 Å². The first kappa shape index (κ1) is 13.8. The average Bonchev–Trinajstić information content (AvgIpc) is 3.24. The van der Waals surface area contributed by atoms with E-state index in [2.05, 4.69) is 107 Å². The third-order valence-electron chi connectivity index (χ3n) is 4.66. The van der Waals surface area contributed by atoms with Gasteiger partial charge in [-0.2, -0.15) is 0 Å². The van der Waals surface area contributed by atoms with Gasteiger partial charge in [-0.3, -0.25) is 0 Å². The second-order valence-electron chi connectivity index (χ2n) is 5.91. The number of rotatable bonds is 3. The first-order valence-corrected chi connectivity index (χ1v) is 8.45. The Morgan fingerprint density at radius 1 is 0.545 bits per heavy atom. The molecule has 0 aliphatic heterocycles. The molecule has 108 valence electrons. The molecule has 4 rings (SSSR count). The van der Waals surface area contributed by atoms with E-state index in [0.29, 0.717) is 11.8 Å². The lowest BCUT2D eigenvalue weighted by atomic mass is 10.0. The molecule has 0 bridgehead atoms. The fourth-order valence-electron chi connectivity index (χ4n) is 3.60. The normalized spacial score (nSPS) is 26.6. The van der Waals surface area contributed by atoms with Crippen molar-refractivity contribution in [1.29, 1.82) is 0 Å². The minimum atomic E-state index is -0.00301. The van der Waals surface area contributed by atoms with E-state index in [1.54, 1.807) is 0 Å². The third-order valence-corrected chi connectivity index (χ3v) is 6.11. The maximum absolute atomic E-state index is 4.10. The van der Waals surface area contributed by atoms with Gasteiger partial charge >= 0.3 is 0 Å². The first-order chi connectivity index (χ1) is 10.8. The molecular formula is C21H17Br. The lowest BCUT2D eigenvalue weighted by molar-refractivity contribution is 0.964. The summed E-state index contributed by atoms with van der Waals surface area (Å²) >= 11 is 4.10. The Kier molecular flexibility index (Phi) is 3.38. The van der Waals surface area contributed by atoms with Crippen LogP contribution in [0.3, 0.4) is 0 Å². The van der Waals surface area contributed by atoms with E-state index >= 15 is 0 Å². The van der Waals surface area contributed by atoms with Crippen LogP contribution in [0.1, 0.15) is 28.5 Å². The fourth-order valence-corrected chi connectivity index (χ4v) is 4.79. The lowest BCUT2D eigenvalue weighted by Gasteiger charge is -2.11. The molecule has 0 heterocycles. The van der Waals surface area contributed by atoms with Crippen molar-refractivity contribution in [2.24, 2.45) is 0 Å². The van der Waals surface area contributed by atoms with Crippen molar-refractivity contribution in [3.8, 4) is 0 Å². The van der Waals surface area contributed by atoms with Crippen LogP contribution in [0.2, 0.25) is 0 Å². The highest BCUT2D eigenvalue weighted by Gasteiger charge is 2.64. The Morgan fingerprint density at radius 2 is 0.909 bits per heavy atom. The first-order valence-electron chi connectivity index (χ1n) is 7.66. The molecule has 3 aromatic carbocycles. The van der Waals surface area contributed by atoms with Crippen molar-refractivity contribution in [3.63, 3.8) is 0 Å². The van der Waals surface area contributed by atoms with Crippen LogP contribution >= 0.6 is 15.9 Å². The molecule has 1 aliphatic rings. The van der Waals surface area contributed by atoms with Gasteiger partial charge in [-0.1, -0.05) is 107 Å². The van der Waals surface area contributed by atoms with E-state index in [-0.39, 0.29) is 4.32 Å². The minimum absolute atomic E-state index is 0.00301. The number of halogens is 1. The van der Waals surface area contributed by atoms with Gasteiger partial charge in [-0.05, 0) is 16.7 Å². The third kappa shape index (κ3) is 2.12. The van der Waals surface area contributed by atoms with Crippen LogP contribution in [-0.4, -0.2) is 0 Å². The molecule has 1 aliphatic carbocycles. The molecule has 0 radical (unpaired) electrons. The molecule has 0 N–H and O–H groups in total. The maximum Gasteiger partial charge on any atom is 0.0655 e. The average molecular weight is 349 g/mol. The van der Waals surface area contributed by atoms with Crippen LogP contribution in [0.5, 0.6) is 0 Å². The lowest BCUT2D eigenvalue weighted by Crippen LogP contribution is -2.01. The molecule has 0 spiro atoms. The summed E-state index contributed by atoms with van der Waals surface area (Å²) in [5, 5.41) is 0. The molecule has 0 saturated heterocycles. The Bertz CT molecular complexity index is 704. The number of hydrogen-bond acceptors (Lipinski definition) is 0. The molecule has 0 amide bonds. The number of hydrogen-bond donors (Lipinski definition) is 0. The quantitative estimate of drug-likeness (QED) is 0.520. The molecule has 1 saturated carbocycles. The highest BCUT2D eigenvalue weighted by Crippen LogP contribution is 2.74. The van der Waals surface area contributed by atoms with Crippen molar-refractivity contribution in [2.45, 2.75) is 16.2 Å². The molecule has 1 fully saturated rings. The van der Waals surface area contributed by atoms with Gasteiger partial charge in [0.1, 0.15) is 0 Å². The van der Waals surface area contributed by atoms with Crippen LogP contribution in [0.4, 0.5) is 0 Å². The van der Waals surface area contributed by atoms with E-state index in [1.807, 2.05) is 0 Å². The molecule has 1 heteroatoms. The van der Waals surface area contributed by atoms with Crippen molar-refractivity contribution in [1.82, 2.24) is 0 Å². The van der Waals surface area contributed by atoms with E-state index in [4.69, 9.17) is 0 Å². The van der Waals surface area contributed by atoms with Gasteiger partial charge < -0.3 is 0 Å². The highest BCUT2D eigenvalue weighted by molar-refractivity contribution is 9.10. The predicted molar refractivity (Wildman–Crippen MR) is 95.4 cm³/mol. The zero-order valence-corrected chi connectivity index (χ0v) is 13.8. The van der Waals surface area contributed by atoms with E-state index in [1.165, 1.54) is 16.7 Å². The van der Waals surface area contributed by atoms with Gasteiger partial charge in [-0.25, -0.2) is 0 Å². The van der Waals surface area contributed by atoms with Gasteiger partial charge in [0.15, 0.2) is 0 Å². The second-order valence-corrected chi connectivity index (χ2v) is 7.22. The Morgan fingerprint density at radius 3 is 1.32 bits per heavy atom. The van der Waals surface area contributed by atoms with Crippen LogP contribution < -0.4 is 0 Å². The Balaban J connectivity index is 1.82. The Hall–Kier alpha value is -1.86. The Labute approximate surface area is 140 Å². The van der Waals surface area contributed by atoms with Gasteiger partial charge in [0.25, 0.3) is 0 Å². The minimum Gasteiger partial charge on any atom is -0.0787 e. The van der Waals surface area contributed by atoms with Gasteiger partial charge in [-0.15, -0.1) is 0 Å². The van der Waals surface area contributed by atoms with E-state index in [9.17, 15) is 0 Å². The summed E-state index contributed by atoms with van der Waals surface area (Å²) in [6.45, 7) is 0. The van der Waals surface area contributed by atoms with Crippen LogP contribution in [0.25, 0.3) is 0 Å². The van der Waals surface area contributed by atoms with Gasteiger partial charge in [0, 0.05) is 11.8 Å². The number of alkyl halides is 1. The van der Waals surface area contributed by atoms with Gasteiger partial charge in [0.05, 0.1) is 4.32 Å². The summed E-state index contributed by atoms with van der Waals surface area (Å²) < 4.78 is -0.00301. The molecular weight excluding hydrogens is 332 g/mol. The molecule has 22 heavy (non-hydrogen) atoms. The summed E-state index contributed by atoms with van der Waals surface area (Å²) in [5.41, 5.74) is 4.16. The molecule has 0 aromatic heterocycles. The van der Waals surface area contributed by atoms with Crippen LogP contribution in [0, 0.1) is 0 Å². The second kappa shape index (κ2) is 5.40. The maximum atomic E-state index is 4.10. The zero-order valence-electron chi connectivity index (χ0n) is 12.2. The summed E-state index contributed by atoms with van der Waals surface area (Å²) in [6.07, 6.45) is 0. The molecule has 2 atom stereocenters. The van der Waals surface area contributed by atoms with Crippen molar-refractivity contribution in [3.05, 3.63) is 108 Å². The van der Waals surface area contributed by atoms with Crippen molar-refractivity contribution in [2.75, 3.05) is 0 Å². The summed E-state index contributed by atoms with van der Waals surface area (Å²) in [7, 11) is 0. The van der Waals surface area contributed by atoms with Gasteiger partial charge in [0.2, 0.25) is 0 Å². The predicted octanol–water partition coefficient (Wildman–Crippen LogP) is 5.86. The standard InChI is InChI=1S/C21H17Br/c22-21(18-14-8-3-9-15-18)19(16-10-4-1-5-11-16)20(21)17-12-6-2-7-13-17/h1-15,19-20H. The fraction of sp³-hybridized carbons (Fsp3) is 0.143. The highest BCUT2D eigenvalue weighted by atomic mass is 79.9.